The molecule has 0 bridgehead atoms. The highest BCUT2D eigenvalue weighted by atomic mass is 32.2. The van der Waals surface area contributed by atoms with E-state index < -0.39 is 0 Å². The minimum Gasteiger partial charge on any atom is -0.493 e. The van der Waals surface area contributed by atoms with E-state index in [-0.39, 0.29) is 11.6 Å². The number of nitrogens with one attached hydrogen (secondary N) is 2. The van der Waals surface area contributed by atoms with Gasteiger partial charge in [0, 0.05) is 22.5 Å². The second kappa shape index (κ2) is 6.42. The topological polar surface area (TPSA) is 37.0 Å². The van der Waals surface area contributed by atoms with Crippen molar-refractivity contribution < 1.29 is 9.13 Å². The Bertz CT molecular complexity index is 800. The molecule has 0 aliphatic rings. The third kappa shape index (κ3) is 2.69. The van der Waals surface area contributed by atoms with E-state index in [0.29, 0.717) is 0 Å². The fourth-order valence-electron chi connectivity index (χ4n) is 2.48. The van der Waals surface area contributed by atoms with E-state index in [9.17, 15) is 4.39 Å². The van der Waals surface area contributed by atoms with Gasteiger partial charge in [0.05, 0.1) is 18.0 Å². The number of hydrogen-bond acceptors (Lipinski definition) is 3. The van der Waals surface area contributed by atoms with Gasteiger partial charge in [0.2, 0.25) is 0 Å². The molecular formula is C17H17FN2OS. The molecule has 5 heteroatoms. The molecule has 0 amide bonds. The number of rotatable bonds is 5. The van der Waals surface area contributed by atoms with Gasteiger partial charge in [-0.15, -0.1) is 0 Å². The van der Waals surface area contributed by atoms with Crippen molar-refractivity contribution in [1.82, 2.24) is 10.3 Å². The van der Waals surface area contributed by atoms with Crippen molar-refractivity contribution in [2.45, 2.75) is 16.3 Å². The molecule has 0 radical (unpaired) electrons. The molecule has 0 atom stereocenters. The summed E-state index contributed by atoms with van der Waals surface area (Å²) in [4.78, 5) is 5.27. The second-order valence-electron chi connectivity index (χ2n) is 4.90. The van der Waals surface area contributed by atoms with Crippen LogP contribution in [0.1, 0.15) is 5.56 Å². The first-order valence-corrected chi connectivity index (χ1v) is 7.80. The van der Waals surface area contributed by atoms with Crippen LogP contribution in [0.2, 0.25) is 0 Å². The summed E-state index contributed by atoms with van der Waals surface area (Å²) in [6, 6.07) is 11.3. The Kier molecular flexibility index (Phi) is 4.36. The van der Waals surface area contributed by atoms with Crippen molar-refractivity contribution in [2.24, 2.45) is 0 Å². The molecule has 0 spiro atoms. The highest BCUT2D eigenvalue weighted by molar-refractivity contribution is 7.99. The average molecular weight is 316 g/mol. The van der Waals surface area contributed by atoms with Crippen molar-refractivity contribution in [3.63, 3.8) is 0 Å². The Morgan fingerprint density at radius 3 is 2.77 bits per heavy atom. The molecule has 0 saturated heterocycles. The molecule has 0 saturated carbocycles. The number of halogens is 1. The molecule has 0 aliphatic heterocycles. The van der Waals surface area contributed by atoms with E-state index in [1.807, 2.05) is 25.4 Å². The number of aromatic nitrogens is 1. The first-order valence-electron chi connectivity index (χ1n) is 6.98. The maximum absolute atomic E-state index is 14.0. The van der Waals surface area contributed by atoms with E-state index in [1.54, 1.807) is 17.8 Å². The summed E-state index contributed by atoms with van der Waals surface area (Å²) < 4.78 is 19.2. The molecule has 2 aromatic carbocycles. The lowest BCUT2D eigenvalue weighted by Crippen LogP contribution is -2.05. The normalized spacial score (nSPS) is 11.0. The Hall–Kier alpha value is -1.98. The molecule has 1 heterocycles. The zero-order valence-electron chi connectivity index (χ0n) is 12.4. The zero-order valence-corrected chi connectivity index (χ0v) is 13.3. The largest absolute Gasteiger partial charge is 0.493 e. The van der Waals surface area contributed by atoms with Crippen LogP contribution in [0.3, 0.4) is 0 Å². The van der Waals surface area contributed by atoms with Gasteiger partial charge in [0.1, 0.15) is 0 Å². The molecule has 0 fully saturated rings. The minimum absolute atomic E-state index is 0.285. The van der Waals surface area contributed by atoms with E-state index >= 15 is 0 Å². The van der Waals surface area contributed by atoms with E-state index in [1.165, 1.54) is 18.7 Å². The summed E-state index contributed by atoms with van der Waals surface area (Å²) >= 11 is 1.61. The maximum atomic E-state index is 14.0. The fourth-order valence-corrected chi connectivity index (χ4v) is 3.55. The second-order valence-corrected chi connectivity index (χ2v) is 5.98. The lowest BCUT2D eigenvalue weighted by atomic mass is 10.2. The van der Waals surface area contributed by atoms with E-state index in [0.717, 1.165) is 27.2 Å². The van der Waals surface area contributed by atoms with Crippen LogP contribution in [0, 0.1) is 5.82 Å². The van der Waals surface area contributed by atoms with Crippen LogP contribution in [0.25, 0.3) is 10.9 Å². The standard InChI is InChI=1S/C17H17FN2OS/c1-19-9-11-5-3-4-6-14(11)22-15-10-20-13-8-7-12(18)17(21-2)16(13)15/h3-8,10,19-20H,9H2,1-2H3. The molecule has 1 aromatic heterocycles. The van der Waals surface area contributed by atoms with Crippen LogP contribution >= 0.6 is 11.8 Å². The van der Waals surface area contributed by atoms with Crippen LogP contribution in [-0.4, -0.2) is 19.1 Å². The van der Waals surface area contributed by atoms with Gasteiger partial charge in [-0.05, 0) is 30.8 Å². The number of methoxy groups -OCH3 is 1. The number of aromatic amines is 1. The SMILES string of the molecule is CNCc1ccccc1Sc1c[nH]c2ccc(F)c(OC)c12. The highest BCUT2D eigenvalue weighted by Crippen LogP contribution is 2.40. The number of ether oxygens (including phenoxy) is 1. The predicted octanol–water partition coefficient (Wildman–Crippen LogP) is 4.19. The van der Waals surface area contributed by atoms with Crippen molar-refractivity contribution >= 4 is 22.7 Å². The molecule has 3 nitrogen and oxygen atoms in total. The molecular weight excluding hydrogens is 299 g/mol. The quantitative estimate of drug-likeness (QED) is 0.741. The summed E-state index contributed by atoms with van der Waals surface area (Å²) in [5.74, 6) is -0.0627. The summed E-state index contributed by atoms with van der Waals surface area (Å²) in [6.45, 7) is 0.789. The molecule has 0 aliphatic carbocycles. The smallest absolute Gasteiger partial charge is 0.165 e. The van der Waals surface area contributed by atoms with Gasteiger partial charge in [0.25, 0.3) is 0 Å². The first-order chi connectivity index (χ1) is 10.7. The molecule has 3 rings (SSSR count). The van der Waals surface area contributed by atoms with Crippen LogP contribution in [0.5, 0.6) is 5.75 Å². The fraction of sp³-hybridized carbons (Fsp3) is 0.176. The van der Waals surface area contributed by atoms with Crippen molar-refractivity contribution in [1.29, 1.82) is 0 Å². The van der Waals surface area contributed by atoms with Gasteiger partial charge >= 0.3 is 0 Å². The highest BCUT2D eigenvalue weighted by Gasteiger charge is 2.15. The molecule has 2 N–H and O–H groups in total. The summed E-state index contributed by atoms with van der Waals surface area (Å²) in [7, 11) is 3.42. The van der Waals surface area contributed by atoms with Gasteiger partial charge in [-0.3, -0.25) is 0 Å². The Morgan fingerprint density at radius 2 is 2.00 bits per heavy atom. The van der Waals surface area contributed by atoms with Crippen LogP contribution in [-0.2, 0) is 6.54 Å². The zero-order chi connectivity index (χ0) is 15.5. The average Bonchev–Trinajstić information content (AvgIpc) is 2.93. The number of hydrogen-bond donors (Lipinski definition) is 2. The van der Waals surface area contributed by atoms with Crippen molar-refractivity contribution in [3.05, 3.63) is 54.0 Å². The molecule has 3 aromatic rings. The Labute approximate surface area is 132 Å². The van der Waals surface area contributed by atoms with Crippen molar-refractivity contribution in [3.8, 4) is 5.75 Å². The van der Waals surface area contributed by atoms with Gasteiger partial charge in [-0.2, -0.15) is 0 Å². The lowest BCUT2D eigenvalue weighted by molar-refractivity contribution is 0.391. The van der Waals surface area contributed by atoms with Crippen LogP contribution < -0.4 is 10.1 Å². The number of benzene rings is 2. The number of H-pyrrole nitrogens is 1. The predicted molar refractivity (Wildman–Crippen MR) is 88.1 cm³/mol. The first kappa shape index (κ1) is 14.9. The maximum Gasteiger partial charge on any atom is 0.165 e. The third-order valence-electron chi connectivity index (χ3n) is 3.48. The van der Waals surface area contributed by atoms with Gasteiger partial charge in [0.15, 0.2) is 11.6 Å². The summed E-state index contributed by atoms with van der Waals surface area (Å²) in [5.41, 5.74) is 2.08. The summed E-state index contributed by atoms with van der Waals surface area (Å²) in [5, 5.41) is 3.95. The Balaban J connectivity index is 2.07. The lowest BCUT2D eigenvalue weighted by Gasteiger charge is -2.09. The molecule has 22 heavy (non-hydrogen) atoms. The van der Waals surface area contributed by atoms with Gasteiger partial charge in [-0.25, -0.2) is 4.39 Å². The Morgan fingerprint density at radius 1 is 1.18 bits per heavy atom. The van der Waals surface area contributed by atoms with E-state index in [4.69, 9.17) is 4.74 Å². The molecule has 0 unspecified atom stereocenters. The van der Waals surface area contributed by atoms with Gasteiger partial charge in [-0.1, -0.05) is 30.0 Å². The number of fused-ring (bicyclic) bond motifs is 1. The van der Waals surface area contributed by atoms with Crippen LogP contribution in [0.4, 0.5) is 4.39 Å². The third-order valence-corrected chi connectivity index (χ3v) is 4.64. The van der Waals surface area contributed by atoms with Crippen LogP contribution in [0.15, 0.2) is 52.4 Å². The van der Waals surface area contributed by atoms with Crippen molar-refractivity contribution in [2.75, 3.05) is 14.2 Å². The van der Waals surface area contributed by atoms with Gasteiger partial charge < -0.3 is 15.0 Å². The summed E-state index contributed by atoms with van der Waals surface area (Å²) in [6.07, 6.45) is 1.90. The minimum atomic E-state index is -0.347. The van der Waals surface area contributed by atoms with E-state index in [2.05, 4.69) is 22.4 Å². The molecule has 114 valence electrons. The monoisotopic (exact) mass is 316 g/mol.